The van der Waals surface area contributed by atoms with Gasteiger partial charge < -0.3 is 10.4 Å². The number of hydrogen-bond acceptors (Lipinski definition) is 2. The SMILES string of the molecule is CCC(C)(NC(=O)c1cc(F)ccc1F)C(=O)O. The maximum absolute atomic E-state index is 13.3. The number of rotatable bonds is 4. The van der Waals surface area contributed by atoms with Crippen LogP contribution in [0.15, 0.2) is 18.2 Å². The topological polar surface area (TPSA) is 66.4 Å². The van der Waals surface area contributed by atoms with Crippen molar-refractivity contribution in [2.24, 2.45) is 0 Å². The monoisotopic (exact) mass is 257 g/mol. The molecular formula is C12H13F2NO3. The van der Waals surface area contributed by atoms with Gasteiger partial charge in [0.05, 0.1) is 5.56 Å². The number of carboxylic acid groups (broad SMARTS) is 1. The highest BCUT2D eigenvalue weighted by atomic mass is 19.1. The summed E-state index contributed by atoms with van der Waals surface area (Å²) in [6.07, 6.45) is 0.116. The van der Waals surface area contributed by atoms with Gasteiger partial charge in [-0.05, 0) is 31.5 Å². The van der Waals surface area contributed by atoms with E-state index >= 15 is 0 Å². The molecule has 1 unspecified atom stereocenters. The van der Waals surface area contributed by atoms with Gasteiger partial charge >= 0.3 is 5.97 Å². The molecule has 0 radical (unpaired) electrons. The van der Waals surface area contributed by atoms with E-state index in [1.54, 1.807) is 6.92 Å². The molecular weight excluding hydrogens is 244 g/mol. The molecule has 0 aliphatic rings. The molecule has 4 nitrogen and oxygen atoms in total. The molecule has 0 aliphatic carbocycles. The lowest BCUT2D eigenvalue weighted by Crippen LogP contribution is -2.51. The molecule has 18 heavy (non-hydrogen) atoms. The van der Waals surface area contributed by atoms with Crippen LogP contribution in [-0.2, 0) is 4.79 Å². The molecule has 0 aromatic heterocycles. The zero-order valence-electron chi connectivity index (χ0n) is 9.96. The van der Waals surface area contributed by atoms with Gasteiger partial charge in [0, 0.05) is 0 Å². The van der Waals surface area contributed by atoms with Crippen LogP contribution in [0.4, 0.5) is 8.78 Å². The summed E-state index contributed by atoms with van der Waals surface area (Å²) in [6, 6.07) is 2.42. The van der Waals surface area contributed by atoms with Crippen molar-refractivity contribution < 1.29 is 23.5 Å². The molecule has 0 saturated carbocycles. The van der Waals surface area contributed by atoms with Gasteiger partial charge in [0.1, 0.15) is 17.2 Å². The largest absolute Gasteiger partial charge is 0.480 e. The molecule has 1 rings (SSSR count). The zero-order valence-corrected chi connectivity index (χ0v) is 9.96. The van der Waals surface area contributed by atoms with E-state index in [-0.39, 0.29) is 6.42 Å². The highest BCUT2D eigenvalue weighted by molar-refractivity contribution is 5.97. The van der Waals surface area contributed by atoms with Crippen LogP contribution in [0.5, 0.6) is 0 Å². The Hall–Kier alpha value is -1.98. The van der Waals surface area contributed by atoms with Crippen LogP contribution in [-0.4, -0.2) is 22.5 Å². The van der Waals surface area contributed by atoms with E-state index in [2.05, 4.69) is 5.32 Å². The minimum Gasteiger partial charge on any atom is -0.480 e. The summed E-state index contributed by atoms with van der Waals surface area (Å²) in [5, 5.41) is 11.2. The predicted octanol–water partition coefficient (Wildman–Crippen LogP) is 1.95. The van der Waals surface area contributed by atoms with Crippen molar-refractivity contribution in [1.82, 2.24) is 5.32 Å². The number of aliphatic carboxylic acids is 1. The summed E-state index contributed by atoms with van der Waals surface area (Å²) in [4.78, 5) is 22.7. The Kier molecular flexibility index (Phi) is 4.00. The Bertz CT molecular complexity index is 490. The standard InChI is InChI=1S/C12H13F2NO3/c1-3-12(2,11(17)18)15-10(16)8-6-7(13)4-5-9(8)14/h4-6H,3H2,1-2H3,(H,15,16)(H,17,18). The molecule has 0 bridgehead atoms. The first-order valence-corrected chi connectivity index (χ1v) is 5.31. The minimum absolute atomic E-state index is 0.116. The van der Waals surface area contributed by atoms with E-state index in [4.69, 9.17) is 5.11 Å². The molecule has 0 spiro atoms. The Morgan fingerprint density at radius 2 is 2.00 bits per heavy atom. The van der Waals surface area contributed by atoms with E-state index in [9.17, 15) is 18.4 Å². The van der Waals surface area contributed by atoms with Gasteiger partial charge in [0.15, 0.2) is 0 Å². The molecule has 0 saturated heterocycles. The lowest BCUT2D eigenvalue weighted by molar-refractivity contribution is -0.143. The lowest BCUT2D eigenvalue weighted by Gasteiger charge is -2.24. The van der Waals surface area contributed by atoms with Crippen LogP contribution in [0.25, 0.3) is 0 Å². The fourth-order valence-electron chi connectivity index (χ4n) is 1.28. The molecule has 0 aliphatic heterocycles. The summed E-state index contributed by atoms with van der Waals surface area (Å²) < 4.78 is 26.2. The van der Waals surface area contributed by atoms with Crippen molar-refractivity contribution in [3.8, 4) is 0 Å². The number of nitrogens with one attached hydrogen (secondary N) is 1. The molecule has 6 heteroatoms. The van der Waals surface area contributed by atoms with Crippen molar-refractivity contribution in [3.05, 3.63) is 35.4 Å². The number of benzene rings is 1. The maximum atomic E-state index is 13.3. The van der Waals surface area contributed by atoms with Gasteiger partial charge in [0.25, 0.3) is 5.91 Å². The van der Waals surface area contributed by atoms with Gasteiger partial charge in [-0.3, -0.25) is 4.79 Å². The quantitative estimate of drug-likeness (QED) is 0.866. The van der Waals surface area contributed by atoms with Gasteiger partial charge in [-0.1, -0.05) is 6.92 Å². The number of hydrogen-bond donors (Lipinski definition) is 2. The Labute approximate surface area is 103 Å². The van der Waals surface area contributed by atoms with Crippen LogP contribution in [0.3, 0.4) is 0 Å². The van der Waals surface area contributed by atoms with Crippen molar-refractivity contribution >= 4 is 11.9 Å². The van der Waals surface area contributed by atoms with Crippen molar-refractivity contribution in [2.75, 3.05) is 0 Å². The predicted molar refractivity (Wildman–Crippen MR) is 60.2 cm³/mol. The van der Waals surface area contributed by atoms with E-state index in [1.807, 2.05) is 0 Å². The number of carboxylic acids is 1. The molecule has 0 heterocycles. The molecule has 1 amide bonds. The van der Waals surface area contributed by atoms with Crippen LogP contribution < -0.4 is 5.32 Å². The van der Waals surface area contributed by atoms with Crippen molar-refractivity contribution in [2.45, 2.75) is 25.8 Å². The average Bonchev–Trinajstić information content (AvgIpc) is 2.31. The van der Waals surface area contributed by atoms with Gasteiger partial charge in [-0.15, -0.1) is 0 Å². The molecule has 2 N–H and O–H groups in total. The summed E-state index contributed by atoms with van der Waals surface area (Å²) in [5.74, 6) is -3.87. The fourth-order valence-corrected chi connectivity index (χ4v) is 1.28. The van der Waals surface area contributed by atoms with Crippen LogP contribution in [0.2, 0.25) is 0 Å². The zero-order chi connectivity index (χ0) is 13.9. The van der Waals surface area contributed by atoms with Crippen LogP contribution >= 0.6 is 0 Å². The van der Waals surface area contributed by atoms with Gasteiger partial charge in [-0.2, -0.15) is 0 Å². The summed E-state index contributed by atoms with van der Waals surface area (Å²) in [6.45, 7) is 2.86. The second kappa shape index (κ2) is 5.12. The lowest BCUT2D eigenvalue weighted by atomic mass is 9.98. The second-order valence-electron chi connectivity index (χ2n) is 4.07. The normalized spacial score (nSPS) is 13.8. The number of carbonyl (C=O) groups is 2. The highest BCUT2D eigenvalue weighted by Gasteiger charge is 2.33. The molecule has 1 atom stereocenters. The van der Waals surface area contributed by atoms with Crippen LogP contribution in [0.1, 0.15) is 30.6 Å². The smallest absolute Gasteiger partial charge is 0.329 e. The highest BCUT2D eigenvalue weighted by Crippen LogP contribution is 2.14. The van der Waals surface area contributed by atoms with Crippen molar-refractivity contribution in [3.63, 3.8) is 0 Å². The number of halogens is 2. The molecule has 98 valence electrons. The minimum atomic E-state index is -1.52. The maximum Gasteiger partial charge on any atom is 0.329 e. The van der Waals surface area contributed by atoms with Gasteiger partial charge in [-0.25, -0.2) is 13.6 Å². The Morgan fingerprint density at radius 1 is 1.39 bits per heavy atom. The second-order valence-corrected chi connectivity index (χ2v) is 4.07. The van der Waals surface area contributed by atoms with E-state index in [0.29, 0.717) is 0 Å². The first kappa shape index (κ1) is 14.1. The van der Waals surface area contributed by atoms with Crippen molar-refractivity contribution in [1.29, 1.82) is 0 Å². The third-order valence-corrected chi connectivity index (χ3v) is 2.74. The van der Waals surface area contributed by atoms with E-state index in [0.717, 1.165) is 18.2 Å². The third-order valence-electron chi connectivity index (χ3n) is 2.74. The van der Waals surface area contributed by atoms with Crippen LogP contribution in [0, 0.1) is 11.6 Å². The summed E-state index contributed by atoms with van der Waals surface area (Å²) >= 11 is 0. The van der Waals surface area contributed by atoms with E-state index in [1.165, 1.54) is 6.92 Å². The van der Waals surface area contributed by atoms with E-state index < -0.39 is 34.6 Å². The average molecular weight is 257 g/mol. The first-order valence-electron chi connectivity index (χ1n) is 5.31. The number of amides is 1. The summed E-state index contributed by atoms with van der Waals surface area (Å²) in [5.41, 5.74) is -2.04. The van der Waals surface area contributed by atoms with Gasteiger partial charge in [0.2, 0.25) is 0 Å². The Balaban J connectivity index is 3.02. The summed E-state index contributed by atoms with van der Waals surface area (Å²) in [7, 11) is 0. The fraction of sp³-hybridized carbons (Fsp3) is 0.333. The molecule has 0 fully saturated rings. The number of carbonyl (C=O) groups excluding carboxylic acids is 1. The Morgan fingerprint density at radius 3 is 2.50 bits per heavy atom. The third kappa shape index (κ3) is 2.82. The first-order chi connectivity index (χ1) is 8.30. The molecule has 1 aromatic carbocycles. The molecule has 1 aromatic rings.